The van der Waals surface area contributed by atoms with Gasteiger partial charge in [-0.15, -0.1) is 0 Å². The van der Waals surface area contributed by atoms with Crippen LogP contribution >= 0.6 is 0 Å². The molecule has 10 nitrogen and oxygen atoms in total. The summed E-state index contributed by atoms with van der Waals surface area (Å²) in [6.45, 7) is 0. The van der Waals surface area contributed by atoms with E-state index in [0.717, 1.165) is 133 Å². The smallest absolute Gasteiger partial charge is 0.164 e. The largest absolute Gasteiger partial charge is 0.456 e. The third-order valence-corrected chi connectivity index (χ3v) is 22.6. The van der Waals surface area contributed by atoms with Crippen LogP contribution in [0.15, 0.2) is 421 Å². The van der Waals surface area contributed by atoms with E-state index in [-0.39, 0.29) is 0 Å². The Kier molecular flexibility index (Phi) is 17.0. The van der Waals surface area contributed by atoms with Crippen molar-refractivity contribution in [3.63, 3.8) is 0 Å². The molecule has 17 aromatic carbocycles. The molecule has 118 heavy (non-hydrogen) atoms. The average Bonchev–Trinajstić information content (AvgIpc) is 1.60. The average molecular weight is 1510 g/mol. The highest BCUT2D eigenvalue weighted by molar-refractivity contribution is 6.16. The van der Waals surface area contributed by atoms with Crippen LogP contribution in [-0.2, 0) is 0 Å². The molecule has 0 radical (unpaired) electrons. The van der Waals surface area contributed by atoms with Crippen LogP contribution in [0.1, 0.15) is 0 Å². The zero-order valence-electron chi connectivity index (χ0n) is 63.7. The first-order valence-electron chi connectivity index (χ1n) is 39.6. The first kappa shape index (κ1) is 68.7. The van der Waals surface area contributed by atoms with E-state index in [1.165, 1.54) is 54.7 Å². The number of furan rings is 2. The third kappa shape index (κ3) is 12.5. The van der Waals surface area contributed by atoms with Crippen LogP contribution < -0.4 is 0 Å². The molecule has 0 fully saturated rings. The predicted molar refractivity (Wildman–Crippen MR) is 483 cm³/mol. The van der Waals surface area contributed by atoms with Crippen LogP contribution in [0, 0.1) is 0 Å². The first-order valence-corrected chi connectivity index (χ1v) is 39.6. The van der Waals surface area contributed by atoms with Crippen LogP contribution in [-0.4, -0.2) is 39.0 Å². The number of hydrogen-bond donors (Lipinski definition) is 0. The Morgan fingerprint density at radius 1 is 0.161 bits per heavy atom. The second-order valence-electron chi connectivity index (χ2n) is 29.6. The Balaban J connectivity index is 0.000000143. The van der Waals surface area contributed by atoms with Gasteiger partial charge in [-0.3, -0.25) is 0 Å². The van der Waals surface area contributed by atoms with Crippen molar-refractivity contribution in [3.05, 3.63) is 413 Å². The number of hydrogen-bond acceptors (Lipinski definition) is 8. The molecular formula is C108H68N8O2. The number of fused-ring (bicyclic) bond motifs is 12. The van der Waals surface area contributed by atoms with Gasteiger partial charge >= 0.3 is 0 Å². The molecule has 6 heterocycles. The maximum atomic E-state index is 6.59. The van der Waals surface area contributed by atoms with Crippen LogP contribution in [0.25, 0.3) is 223 Å². The van der Waals surface area contributed by atoms with Gasteiger partial charge in [0.2, 0.25) is 0 Å². The lowest BCUT2D eigenvalue weighted by Gasteiger charge is -2.10. The summed E-state index contributed by atoms with van der Waals surface area (Å²) < 4.78 is 17.9. The van der Waals surface area contributed by atoms with Crippen LogP contribution in [0.3, 0.4) is 0 Å². The van der Waals surface area contributed by atoms with Gasteiger partial charge in [0.1, 0.15) is 22.3 Å². The third-order valence-electron chi connectivity index (χ3n) is 22.6. The SMILES string of the molecule is c1ccc(-c2ccc(-c3nc(-c4ccccc4)nc(-c4ccc5c(c4)oc4cccc(-c6ccc(-c7ccc8c9ccccc9n(-c9ccccc9)c8c7)cc6)c45)n3)cc2)cc1.c1ccc(-c2nc(-c3ccccc3)nc(-c3ccc4c(c3)oc3cccc(-c5ccc(-c6ccc7c8ccccc8n(-c8ccccc8)c7c6)cc5)c34)n2)cc1. The summed E-state index contributed by atoms with van der Waals surface area (Å²) in [7, 11) is 0. The lowest BCUT2D eigenvalue weighted by Crippen LogP contribution is -2.00. The van der Waals surface area contributed by atoms with Crippen molar-refractivity contribution in [1.82, 2.24) is 39.0 Å². The van der Waals surface area contributed by atoms with Gasteiger partial charge in [0, 0.05) is 87.8 Å². The normalized spacial score (nSPS) is 11.6. The topological polar surface area (TPSA) is 113 Å². The monoisotopic (exact) mass is 1510 g/mol. The van der Waals surface area contributed by atoms with Crippen molar-refractivity contribution in [2.45, 2.75) is 0 Å². The van der Waals surface area contributed by atoms with Gasteiger partial charge in [0.05, 0.1) is 22.1 Å². The van der Waals surface area contributed by atoms with Gasteiger partial charge in [-0.1, -0.05) is 328 Å². The van der Waals surface area contributed by atoms with Gasteiger partial charge in [0.25, 0.3) is 0 Å². The Bertz CT molecular complexity index is 7680. The fourth-order valence-corrected chi connectivity index (χ4v) is 16.8. The number of rotatable bonds is 13. The molecule has 10 heteroatoms. The zero-order chi connectivity index (χ0) is 78.0. The molecule has 23 rings (SSSR count). The van der Waals surface area contributed by atoms with Crippen molar-refractivity contribution in [1.29, 1.82) is 0 Å². The first-order chi connectivity index (χ1) is 58.5. The quantitative estimate of drug-likeness (QED) is 0.112. The van der Waals surface area contributed by atoms with E-state index in [9.17, 15) is 0 Å². The van der Waals surface area contributed by atoms with Gasteiger partial charge in [0.15, 0.2) is 34.9 Å². The van der Waals surface area contributed by atoms with E-state index in [1.54, 1.807) is 0 Å². The van der Waals surface area contributed by atoms with E-state index in [2.05, 4.69) is 306 Å². The molecule has 0 aliphatic carbocycles. The fourth-order valence-electron chi connectivity index (χ4n) is 16.8. The number of nitrogens with zero attached hydrogens (tertiary/aromatic N) is 8. The predicted octanol–water partition coefficient (Wildman–Crippen LogP) is 28.1. The summed E-state index contributed by atoms with van der Waals surface area (Å²) >= 11 is 0. The minimum absolute atomic E-state index is 0.585. The Morgan fingerprint density at radius 2 is 0.424 bits per heavy atom. The van der Waals surface area contributed by atoms with Crippen molar-refractivity contribution in [2.75, 3.05) is 0 Å². The van der Waals surface area contributed by atoms with Gasteiger partial charge < -0.3 is 18.0 Å². The van der Waals surface area contributed by atoms with Crippen LogP contribution in [0.2, 0.25) is 0 Å². The summed E-state index contributed by atoms with van der Waals surface area (Å²) in [6, 6.07) is 144. The maximum Gasteiger partial charge on any atom is 0.164 e. The van der Waals surface area contributed by atoms with E-state index < -0.39 is 0 Å². The molecule has 0 N–H and O–H groups in total. The summed E-state index contributed by atoms with van der Waals surface area (Å²) in [6.07, 6.45) is 0. The Labute approximate surface area is 678 Å². The van der Waals surface area contributed by atoms with Crippen LogP contribution in [0.4, 0.5) is 0 Å². The highest BCUT2D eigenvalue weighted by Crippen LogP contribution is 2.44. The zero-order valence-corrected chi connectivity index (χ0v) is 63.7. The molecule has 0 amide bonds. The number of aromatic nitrogens is 8. The second-order valence-corrected chi connectivity index (χ2v) is 29.6. The van der Waals surface area contributed by atoms with Gasteiger partial charge in [-0.05, 0) is 141 Å². The molecule has 0 aliphatic heterocycles. The molecule has 0 aliphatic rings. The Morgan fingerprint density at radius 3 is 0.805 bits per heavy atom. The molecule has 23 aromatic rings. The van der Waals surface area contributed by atoms with Crippen molar-refractivity contribution < 1.29 is 8.83 Å². The Hall–Kier alpha value is -16.0. The number of benzene rings is 17. The molecule has 0 unspecified atom stereocenters. The van der Waals surface area contributed by atoms with Gasteiger partial charge in [-0.25, -0.2) is 29.9 Å². The highest BCUT2D eigenvalue weighted by atomic mass is 16.3. The lowest BCUT2D eigenvalue weighted by molar-refractivity contribution is 0.668. The van der Waals surface area contributed by atoms with E-state index in [4.69, 9.17) is 38.7 Å². The molecule has 0 atom stereocenters. The van der Waals surface area contributed by atoms with E-state index in [0.29, 0.717) is 34.9 Å². The van der Waals surface area contributed by atoms with Crippen molar-refractivity contribution in [3.8, 4) is 135 Å². The van der Waals surface area contributed by atoms with Crippen LogP contribution in [0.5, 0.6) is 0 Å². The molecule has 0 bridgehead atoms. The molecule has 0 saturated heterocycles. The van der Waals surface area contributed by atoms with E-state index >= 15 is 0 Å². The maximum absolute atomic E-state index is 6.59. The molecule has 552 valence electrons. The lowest BCUT2D eigenvalue weighted by atomic mass is 9.96. The standard InChI is InChI=1S/C57H36N4O.C51H32N4O/c1-4-13-37(14-5-1)38-25-29-42(30-26-38)56-58-55(41-15-6-2-7-16-41)59-57(60-56)44-32-34-49-53(36-44)62-52-22-12-20-46(54(49)52)40-27-23-39(24-28-40)43-31-33-48-47-19-10-11-21-50(47)61(51(48)35-43)45-17-8-3-9-18-45;1-4-13-35(14-5-1)49-52-50(36-15-6-2-7-16-36)54-51(53-49)38-28-30-43-47(32-38)56-46-22-12-20-40(48(43)46)34-25-23-33(24-26-34)37-27-29-42-41-19-10-11-21-44(41)55(45(42)31-37)39-17-8-3-9-18-39/h1-36H;1-32H. The fraction of sp³-hybridized carbons (Fsp3) is 0. The van der Waals surface area contributed by atoms with Crippen molar-refractivity contribution >= 4 is 87.5 Å². The molecule has 0 spiro atoms. The molecular weight excluding hydrogens is 1440 g/mol. The number of para-hydroxylation sites is 4. The minimum atomic E-state index is 0.585. The summed E-state index contributed by atoms with van der Waals surface area (Å²) in [4.78, 5) is 29.8. The van der Waals surface area contributed by atoms with E-state index in [1.807, 2.05) is 115 Å². The molecule has 6 aromatic heterocycles. The van der Waals surface area contributed by atoms with Crippen molar-refractivity contribution in [2.24, 2.45) is 0 Å². The highest BCUT2D eigenvalue weighted by Gasteiger charge is 2.22. The minimum Gasteiger partial charge on any atom is -0.456 e. The summed E-state index contributed by atoms with van der Waals surface area (Å²) in [5, 5.41) is 9.24. The summed E-state index contributed by atoms with van der Waals surface area (Å²) in [5.74, 6) is 3.67. The second kappa shape index (κ2) is 29.2. The summed E-state index contributed by atoms with van der Waals surface area (Å²) in [5.41, 5.74) is 27.2. The van der Waals surface area contributed by atoms with Gasteiger partial charge in [-0.2, -0.15) is 0 Å². The molecule has 0 saturated carbocycles.